The van der Waals surface area contributed by atoms with Crippen LogP contribution in [0.3, 0.4) is 0 Å². The van der Waals surface area contributed by atoms with Crippen molar-refractivity contribution in [1.82, 2.24) is 15.6 Å². The fourth-order valence-corrected chi connectivity index (χ4v) is 4.39. The Bertz CT molecular complexity index is 948. The number of aliphatic hydroxyl groups excluding tert-OH is 1. The molecule has 1 aromatic carbocycles. The summed E-state index contributed by atoms with van der Waals surface area (Å²) in [4.78, 5) is 31.5. The minimum absolute atomic E-state index is 0.0404. The lowest BCUT2D eigenvalue weighted by molar-refractivity contribution is 0.0928. The first-order chi connectivity index (χ1) is 15.9. The van der Waals surface area contributed by atoms with Crippen LogP contribution in [0.2, 0.25) is 0 Å². The summed E-state index contributed by atoms with van der Waals surface area (Å²) in [7, 11) is 1.61. The number of methoxy groups -OCH3 is 1. The van der Waals surface area contributed by atoms with Crippen LogP contribution >= 0.6 is 0 Å². The Labute approximate surface area is 195 Å². The van der Waals surface area contributed by atoms with Crippen LogP contribution < -0.4 is 20.3 Å². The third kappa shape index (κ3) is 6.44. The SMILES string of the molecule is COc1cccc(C(=O)NC(C)CC2CCCN(c3ccc(C(=O)NCCO)cn3)C2)c1C. The maximum absolute atomic E-state index is 12.8. The molecule has 2 heterocycles. The Balaban J connectivity index is 1.55. The lowest BCUT2D eigenvalue weighted by Crippen LogP contribution is -2.40. The van der Waals surface area contributed by atoms with E-state index in [1.165, 1.54) is 0 Å². The van der Waals surface area contributed by atoms with Crippen molar-refractivity contribution in [2.75, 3.05) is 38.3 Å². The average molecular weight is 455 g/mol. The molecule has 1 fully saturated rings. The monoisotopic (exact) mass is 454 g/mol. The molecular formula is C25H34N4O4. The maximum atomic E-state index is 12.8. The first-order valence-corrected chi connectivity index (χ1v) is 11.5. The molecule has 0 spiro atoms. The Morgan fingerprint density at radius 1 is 1.27 bits per heavy atom. The van der Waals surface area contributed by atoms with Crippen molar-refractivity contribution in [3.63, 3.8) is 0 Å². The molecule has 3 rings (SSSR count). The van der Waals surface area contributed by atoms with Gasteiger partial charge in [0, 0.05) is 43.0 Å². The molecule has 2 atom stereocenters. The van der Waals surface area contributed by atoms with E-state index in [4.69, 9.17) is 9.84 Å². The second kappa shape index (κ2) is 11.7. The van der Waals surface area contributed by atoms with Gasteiger partial charge < -0.3 is 25.4 Å². The number of aromatic nitrogens is 1. The molecule has 33 heavy (non-hydrogen) atoms. The number of carbonyl (C=O) groups excluding carboxylic acids is 2. The first-order valence-electron chi connectivity index (χ1n) is 11.5. The van der Waals surface area contributed by atoms with Crippen molar-refractivity contribution >= 4 is 17.6 Å². The molecule has 0 aliphatic carbocycles. The highest BCUT2D eigenvalue weighted by molar-refractivity contribution is 5.96. The number of rotatable bonds is 9. The van der Waals surface area contributed by atoms with Crippen LogP contribution in [-0.2, 0) is 0 Å². The van der Waals surface area contributed by atoms with Gasteiger partial charge in [-0.3, -0.25) is 9.59 Å². The van der Waals surface area contributed by atoms with Crippen LogP contribution in [-0.4, -0.2) is 61.3 Å². The standard InChI is InChI=1S/C25H34N4O4/c1-17(28-25(32)21-7-4-8-22(33-3)18(21)2)14-19-6-5-12-29(16-19)23-10-9-20(15-27-23)24(31)26-11-13-30/h4,7-10,15,17,19,30H,5-6,11-14,16H2,1-3H3,(H,26,31)(H,28,32). The average Bonchev–Trinajstić information content (AvgIpc) is 2.82. The zero-order chi connectivity index (χ0) is 23.8. The van der Waals surface area contributed by atoms with E-state index in [1.54, 1.807) is 19.4 Å². The largest absolute Gasteiger partial charge is 0.496 e. The van der Waals surface area contributed by atoms with Crippen LogP contribution in [0, 0.1) is 12.8 Å². The second-order valence-electron chi connectivity index (χ2n) is 8.58. The van der Waals surface area contributed by atoms with Crippen molar-refractivity contribution in [2.45, 2.75) is 39.2 Å². The lowest BCUT2D eigenvalue weighted by atomic mass is 9.91. The number of amides is 2. The highest BCUT2D eigenvalue weighted by Crippen LogP contribution is 2.25. The summed E-state index contributed by atoms with van der Waals surface area (Å²) in [5.41, 5.74) is 1.96. The Kier molecular flexibility index (Phi) is 8.65. The molecule has 8 nitrogen and oxygen atoms in total. The van der Waals surface area contributed by atoms with E-state index >= 15 is 0 Å². The molecule has 0 radical (unpaired) electrons. The predicted octanol–water partition coefficient (Wildman–Crippen LogP) is 2.55. The minimum atomic E-state index is -0.240. The van der Waals surface area contributed by atoms with Gasteiger partial charge in [0.15, 0.2) is 0 Å². The molecule has 1 aromatic heterocycles. The van der Waals surface area contributed by atoms with Crippen LogP contribution in [0.4, 0.5) is 5.82 Å². The van der Waals surface area contributed by atoms with E-state index in [2.05, 4.69) is 20.5 Å². The van der Waals surface area contributed by atoms with E-state index in [9.17, 15) is 9.59 Å². The highest BCUT2D eigenvalue weighted by Gasteiger charge is 2.24. The number of aliphatic hydroxyl groups is 1. The number of nitrogens with zero attached hydrogens (tertiary/aromatic N) is 2. The summed E-state index contributed by atoms with van der Waals surface area (Å²) >= 11 is 0. The fourth-order valence-electron chi connectivity index (χ4n) is 4.39. The topological polar surface area (TPSA) is 104 Å². The molecular weight excluding hydrogens is 420 g/mol. The van der Waals surface area contributed by atoms with Gasteiger partial charge in [0.05, 0.1) is 19.3 Å². The van der Waals surface area contributed by atoms with Crippen molar-refractivity contribution in [2.24, 2.45) is 5.92 Å². The third-order valence-corrected chi connectivity index (χ3v) is 6.06. The van der Waals surface area contributed by atoms with Crippen molar-refractivity contribution in [3.8, 4) is 5.75 Å². The quantitative estimate of drug-likeness (QED) is 0.538. The number of ether oxygens (including phenoxy) is 1. The van der Waals surface area contributed by atoms with E-state index in [0.717, 1.165) is 43.7 Å². The molecule has 8 heteroatoms. The molecule has 1 saturated heterocycles. The van der Waals surface area contributed by atoms with Crippen molar-refractivity contribution < 1.29 is 19.4 Å². The van der Waals surface area contributed by atoms with Gasteiger partial charge in [0.25, 0.3) is 11.8 Å². The van der Waals surface area contributed by atoms with Gasteiger partial charge in [-0.2, -0.15) is 0 Å². The number of carbonyl (C=O) groups is 2. The number of nitrogens with one attached hydrogen (secondary N) is 2. The van der Waals surface area contributed by atoms with E-state index in [1.807, 2.05) is 38.1 Å². The van der Waals surface area contributed by atoms with Crippen LogP contribution in [0.1, 0.15) is 52.5 Å². The van der Waals surface area contributed by atoms with Gasteiger partial charge in [0.1, 0.15) is 11.6 Å². The highest BCUT2D eigenvalue weighted by atomic mass is 16.5. The van der Waals surface area contributed by atoms with Gasteiger partial charge in [-0.05, 0) is 63.3 Å². The molecule has 2 amide bonds. The predicted molar refractivity (Wildman–Crippen MR) is 128 cm³/mol. The fraction of sp³-hybridized carbons (Fsp3) is 0.480. The molecule has 0 bridgehead atoms. The third-order valence-electron chi connectivity index (χ3n) is 6.06. The first kappa shape index (κ1) is 24.5. The van der Waals surface area contributed by atoms with Crippen LogP contribution in [0.25, 0.3) is 0 Å². The Morgan fingerprint density at radius 3 is 2.79 bits per heavy atom. The number of benzene rings is 1. The molecule has 0 saturated carbocycles. The number of piperidine rings is 1. The number of hydrogen-bond acceptors (Lipinski definition) is 6. The van der Waals surface area contributed by atoms with E-state index < -0.39 is 0 Å². The summed E-state index contributed by atoms with van der Waals surface area (Å²) < 4.78 is 5.33. The van der Waals surface area contributed by atoms with Crippen molar-refractivity contribution in [1.29, 1.82) is 0 Å². The van der Waals surface area contributed by atoms with Crippen LogP contribution in [0.15, 0.2) is 36.5 Å². The summed E-state index contributed by atoms with van der Waals surface area (Å²) in [6, 6.07) is 9.18. The molecule has 1 aliphatic heterocycles. The smallest absolute Gasteiger partial charge is 0.252 e. The van der Waals surface area contributed by atoms with Gasteiger partial charge in [-0.25, -0.2) is 4.98 Å². The summed E-state index contributed by atoms with van der Waals surface area (Å²) in [6.07, 6.45) is 4.62. The van der Waals surface area contributed by atoms with E-state index in [0.29, 0.717) is 22.8 Å². The lowest BCUT2D eigenvalue weighted by Gasteiger charge is -2.35. The zero-order valence-electron chi connectivity index (χ0n) is 19.6. The second-order valence-corrected chi connectivity index (χ2v) is 8.58. The van der Waals surface area contributed by atoms with Crippen LogP contribution in [0.5, 0.6) is 5.75 Å². The number of hydrogen-bond donors (Lipinski definition) is 3. The minimum Gasteiger partial charge on any atom is -0.496 e. The Morgan fingerprint density at radius 2 is 2.09 bits per heavy atom. The molecule has 2 aromatic rings. The van der Waals surface area contributed by atoms with Gasteiger partial charge in [-0.1, -0.05) is 6.07 Å². The maximum Gasteiger partial charge on any atom is 0.252 e. The molecule has 2 unspecified atom stereocenters. The number of pyridine rings is 1. The van der Waals surface area contributed by atoms with E-state index in [-0.39, 0.29) is 31.0 Å². The van der Waals surface area contributed by atoms with Gasteiger partial charge in [0.2, 0.25) is 0 Å². The van der Waals surface area contributed by atoms with Crippen molar-refractivity contribution in [3.05, 3.63) is 53.2 Å². The molecule has 1 aliphatic rings. The normalized spacial score (nSPS) is 16.7. The summed E-state index contributed by atoms with van der Waals surface area (Å²) in [5, 5.41) is 14.6. The summed E-state index contributed by atoms with van der Waals surface area (Å²) in [6.45, 7) is 5.85. The Hall–Kier alpha value is -3.13. The van der Waals surface area contributed by atoms with Gasteiger partial charge >= 0.3 is 0 Å². The van der Waals surface area contributed by atoms with Gasteiger partial charge in [-0.15, -0.1) is 0 Å². The number of anilines is 1. The zero-order valence-corrected chi connectivity index (χ0v) is 19.6. The summed E-state index contributed by atoms with van der Waals surface area (Å²) in [5.74, 6) is 1.68. The molecule has 178 valence electrons. The molecule has 3 N–H and O–H groups in total.